The van der Waals surface area contributed by atoms with Crippen molar-refractivity contribution in [1.82, 2.24) is 15.0 Å². The van der Waals surface area contributed by atoms with Crippen LogP contribution in [0.3, 0.4) is 0 Å². The lowest BCUT2D eigenvalue weighted by Gasteiger charge is -2.11. The largest absolute Gasteiger partial charge is 0.437 e. The van der Waals surface area contributed by atoms with Crippen molar-refractivity contribution in [2.24, 2.45) is 5.84 Å². The molecular weight excluding hydrogens is 254 g/mol. The molecule has 0 radical (unpaired) electrons. The summed E-state index contributed by atoms with van der Waals surface area (Å²) >= 11 is 0. The van der Waals surface area contributed by atoms with Crippen molar-refractivity contribution < 1.29 is 4.74 Å². The van der Waals surface area contributed by atoms with Crippen LogP contribution >= 0.6 is 0 Å². The molecule has 2 heterocycles. The number of ether oxygens (including phenoxy) is 1. The number of aromatic nitrogens is 3. The number of nitrogen functional groups attached to an aromatic ring is 1. The molecule has 0 saturated heterocycles. The first-order chi connectivity index (χ1) is 9.66. The molecule has 2 aromatic heterocycles. The minimum Gasteiger partial charge on any atom is -0.437 e. The molecule has 0 bridgehead atoms. The van der Waals surface area contributed by atoms with Gasteiger partial charge in [0.1, 0.15) is 11.6 Å². The zero-order chi connectivity index (χ0) is 14.5. The molecule has 20 heavy (non-hydrogen) atoms. The fourth-order valence-corrected chi connectivity index (χ4v) is 1.81. The van der Waals surface area contributed by atoms with Gasteiger partial charge in [-0.1, -0.05) is 13.8 Å². The summed E-state index contributed by atoms with van der Waals surface area (Å²) in [6.45, 7) is 5.97. The van der Waals surface area contributed by atoms with Gasteiger partial charge >= 0.3 is 0 Å². The lowest BCUT2D eigenvalue weighted by Crippen LogP contribution is -2.10. The van der Waals surface area contributed by atoms with Crippen molar-refractivity contribution in [3.8, 4) is 11.6 Å². The molecule has 2 aromatic rings. The van der Waals surface area contributed by atoms with E-state index in [1.807, 2.05) is 32.9 Å². The molecule has 0 unspecified atom stereocenters. The predicted molar refractivity (Wildman–Crippen MR) is 77.6 cm³/mol. The third kappa shape index (κ3) is 3.21. The van der Waals surface area contributed by atoms with Gasteiger partial charge in [0, 0.05) is 18.2 Å². The van der Waals surface area contributed by atoms with E-state index in [2.05, 4.69) is 20.4 Å². The highest BCUT2D eigenvalue weighted by Gasteiger charge is 2.09. The fraction of sp³-hybridized carbons (Fsp3) is 0.357. The molecule has 0 saturated carbocycles. The topological polar surface area (TPSA) is 86.0 Å². The van der Waals surface area contributed by atoms with Crippen LogP contribution in [0.4, 0.5) is 5.82 Å². The molecule has 0 atom stereocenters. The molecule has 0 aromatic carbocycles. The van der Waals surface area contributed by atoms with Gasteiger partial charge in [-0.05, 0) is 25.5 Å². The lowest BCUT2D eigenvalue weighted by atomic mass is 10.2. The van der Waals surface area contributed by atoms with Crippen molar-refractivity contribution >= 4 is 5.82 Å². The van der Waals surface area contributed by atoms with Crippen LogP contribution in [0, 0.1) is 6.92 Å². The van der Waals surface area contributed by atoms with E-state index in [9.17, 15) is 0 Å². The van der Waals surface area contributed by atoms with Crippen molar-refractivity contribution in [3.05, 3.63) is 35.4 Å². The van der Waals surface area contributed by atoms with E-state index in [0.717, 1.165) is 17.8 Å². The van der Waals surface area contributed by atoms with E-state index in [-0.39, 0.29) is 0 Å². The summed E-state index contributed by atoms with van der Waals surface area (Å²) in [5, 5.41) is 0. The number of rotatable bonds is 5. The number of pyridine rings is 1. The second kappa shape index (κ2) is 6.29. The van der Waals surface area contributed by atoms with E-state index in [1.165, 1.54) is 0 Å². The zero-order valence-corrected chi connectivity index (χ0v) is 12.0. The molecule has 2 rings (SSSR count). The summed E-state index contributed by atoms with van der Waals surface area (Å²) in [5.74, 6) is 7.78. The van der Waals surface area contributed by atoms with E-state index >= 15 is 0 Å². The molecule has 0 aliphatic heterocycles. The number of nitrogens with zero attached hydrogens (tertiary/aromatic N) is 3. The molecule has 0 aliphatic carbocycles. The Bertz CT molecular complexity index is 578. The third-order valence-corrected chi connectivity index (χ3v) is 2.83. The Balaban J connectivity index is 2.34. The highest BCUT2D eigenvalue weighted by molar-refractivity contribution is 5.40. The van der Waals surface area contributed by atoms with Gasteiger partial charge in [0.25, 0.3) is 0 Å². The average Bonchev–Trinajstić information content (AvgIpc) is 2.48. The summed E-state index contributed by atoms with van der Waals surface area (Å²) in [6, 6.07) is 5.49. The van der Waals surface area contributed by atoms with E-state index in [0.29, 0.717) is 29.7 Å². The molecule has 3 N–H and O–H groups in total. The van der Waals surface area contributed by atoms with Gasteiger partial charge in [-0.25, -0.2) is 10.8 Å². The first-order valence-corrected chi connectivity index (χ1v) is 6.65. The van der Waals surface area contributed by atoms with E-state index in [1.54, 1.807) is 6.07 Å². The second-order valence-corrected chi connectivity index (χ2v) is 4.36. The minimum absolute atomic E-state index is 0.463. The Kier molecular flexibility index (Phi) is 4.47. The highest BCUT2D eigenvalue weighted by atomic mass is 16.5. The molecular formula is C14H19N5O. The normalized spacial score (nSPS) is 10.4. The van der Waals surface area contributed by atoms with Gasteiger partial charge in [0.2, 0.25) is 5.88 Å². The predicted octanol–water partition coefficient (Wildman–Crippen LogP) is 2.38. The molecule has 0 fully saturated rings. The van der Waals surface area contributed by atoms with Gasteiger partial charge < -0.3 is 10.2 Å². The number of nitrogens with one attached hydrogen (secondary N) is 1. The smallest absolute Gasteiger partial charge is 0.224 e. The van der Waals surface area contributed by atoms with Gasteiger partial charge in [0.15, 0.2) is 5.75 Å². The maximum atomic E-state index is 5.83. The van der Waals surface area contributed by atoms with E-state index in [4.69, 9.17) is 10.6 Å². The van der Waals surface area contributed by atoms with Crippen LogP contribution in [0.15, 0.2) is 18.2 Å². The van der Waals surface area contributed by atoms with Crippen molar-refractivity contribution in [1.29, 1.82) is 0 Å². The minimum atomic E-state index is 0.463. The lowest BCUT2D eigenvalue weighted by molar-refractivity contribution is 0.450. The first kappa shape index (κ1) is 14.2. The highest BCUT2D eigenvalue weighted by Crippen LogP contribution is 2.25. The third-order valence-electron chi connectivity index (χ3n) is 2.83. The Hall–Kier alpha value is -2.21. The number of nitrogens with two attached hydrogens (primary N) is 1. The van der Waals surface area contributed by atoms with Crippen LogP contribution in [0.2, 0.25) is 0 Å². The van der Waals surface area contributed by atoms with Crippen LogP contribution in [0.1, 0.15) is 31.1 Å². The summed E-state index contributed by atoms with van der Waals surface area (Å²) in [6.07, 6.45) is 1.50. The Morgan fingerprint density at radius 2 is 1.95 bits per heavy atom. The summed E-state index contributed by atoms with van der Waals surface area (Å²) < 4.78 is 5.83. The number of anilines is 1. The first-order valence-electron chi connectivity index (χ1n) is 6.65. The molecule has 6 nitrogen and oxygen atoms in total. The SMILES string of the molecule is CCc1nc(NN)cc(Oc2ccc(C)nc2CC)n1. The second-order valence-electron chi connectivity index (χ2n) is 4.36. The monoisotopic (exact) mass is 273 g/mol. The summed E-state index contributed by atoms with van der Waals surface area (Å²) in [7, 11) is 0. The van der Waals surface area contributed by atoms with Gasteiger partial charge in [-0.2, -0.15) is 4.98 Å². The molecule has 0 spiro atoms. The van der Waals surface area contributed by atoms with E-state index < -0.39 is 0 Å². The number of hydrogen-bond acceptors (Lipinski definition) is 6. The van der Waals surface area contributed by atoms with Gasteiger partial charge in [0.05, 0.1) is 5.69 Å². The van der Waals surface area contributed by atoms with Crippen LogP contribution in [0.5, 0.6) is 11.6 Å². The standard InChI is InChI=1S/C14H19N5O/c1-4-10-11(7-6-9(3)16-10)20-14-8-13(19-15)17-12(5-2)18-14/h6-8H,4-5,15H2,1-3H3,(H,17,18,19). The molecule has 6 heteroatoms. The van der Waals surface area contributed by atoms with Crippen LogP contribution in [0.25, 0.3) is 0 Å². The fourth-order valence-electron chi connectivity index (χ4n) is 1.81. The Morgan fingerprint density at radius 1 is 1.15 bits per heavy atom. The Labute approximate surface area is 118 Å². The van der Waals surface area contributed by atoms with Crippen LogP contribution in [-0.2, 0) is 12.8 Å². The maximum Gasteiger partial charge on any atom is 0.224 e. The quantitative estimate of drug-likeness (QED) is 0.642. The number of hydrazine groups is 1. The molecule has 0 aliphatic rings. The van der Waals surface area contributed by atoms with Crippen molar-refractivity contribution in [2.75, 3.05) is 5.43 Å². The number of hydrogen-bond donors (Lipinski definition) is 2. The average molecular weight is 273 g/mol. The van der Waals surface area contributed by atoms with Gasteiger partial charge in [-0.3, -0.25) is 4.98 Å². The van der Waals surface area contributed by atoms with Crippen LogP contribution < -0.4 is 16.0 Å². The van der Waals surface area contributed by atoms with Gasteiger partial charge in [-0.15, -0.1) is 0 Å². The zero-order valence-electron chi connectivity index (χ0n) is 12.0. The van der Waals surface area contributed by atoms with Crippen molar-refractivity contribution in [2.45, 2.75) is 33.6 Å². The summed E-state index contributed by atoms with van der Waals surface area (Å²) in [5.41, 5.74) is 4.39. The molecule has 0 amide bonds. The summed E-state index contributed by atoms with van der Waals surface area (Å²) in [4.78, 5) is 13.0. The molecule has 106 valence electrons. The number of aryl methyl sites for hydroxylation is 3. The van der Waals surface area contributed by atoms with Crippen LogP contribution in [-0.4, -0.2) is 15.0 Å². The maximum absolute atomic E-state index is 5.83. The van der Waals surface area contributed by atoms with Crippen molar-refractivity contribution in [3.63, 3.8) is 0 Å². The Morgan fingerprint density at radius 3 is 2.60 bits per heavy atom.